The predicted molar refractivity (Wildman–Crippen MR) is 421 cm³/mol. The Balaban J connectivity index is 1.09. The summed E-state index contributed by atoms with van der Waals surface area (Å²) in [6.45, 7) is 0. The van der Waals surface area contributed by atoms with Gasteiger partial charge in [-0.15, -0.1) is 0 Å². The van der Waals surface area contributed by atoms with Gasteiger partial charge in [0.25, 0.3) is 0 Å². The summed E-state index contributed by atoms with van der Waals surface area (Å²) < 4.78 is 10.6. The number of rotatable bonds is 12. The van der Waals surface area contributed by atoms with E-state index in [1.165, 1.54) is 65.3 Å². The first-order valence-corrected chi connectivity index (χ1v) is 34.6. The first-order chi connectivity index (χ1) is 49.7. The van der Waals surface area contributed by atoms with Crippen LogP contribution >= 0.6 is 0 Å². The largest absolute Gasteiger partial charge is 0.309 e. The van der Waals surface area contributed by atoms with Crippen LogP contribution in [0.2, 0.25) is 0 Å². The Kier molecular flexibility index (Phi) is 12.4. The zero-order chi connectivity index (χ0) is 65.5. The van der Waals surface area contributed by atoms with E-state index in [4.69, 9.17) is 0 Å². The smallest absolute Gasteiger partial charge is 0.0627 e. The van der Waals surface area contributed by atoms with E-state index in [2.05, 4.69) is 382 Å². The first-order valence-electron chi connectivity index (χ1n) is 34.6. The second-order valence-corrected chi connectivity index (χ2v) is 26.6. The minimum atomic E-state index is 1.09. The molecule has 0 fully saturated rings. The van der Waals surface area contributed by atoms with Gasteiger partial charge in [-0.05, 0) is 158 Å². The van der Waals surface area contributed by atoms with E-state index < -0.39 is 0 Å². The summed E-state index contributed by atoms with van der Waals surface area (Å²) in [6, 6.07) is 136. The fourth-order valence-corrected chi connectivity index (χ4v) is 17.0. The molecule has 4 aromatic heterocycles. The Morgan fingerprint density at radius 1 is 0.130 bits per heavy atom. The van der Waals surface area contributed by atoms with Crippen molar-refractivity contribution < 1.29 is 0 Å². The van der Waals surface area contributed by atoms with Gasteiger partial charge in [0.1, 0.15) is 0 Å². The lowest BCUT2D eigenvalue weighted by atomic mass is 9.88. The standard InChI is InChI=1S/C96H60N4/c1-9-29-61(30-10-1)66-39-25-43-70(53-66)78-58-82-86-90-85-81(97(94(78)90)73-46-19-6-20-47-73)57-77(65-37-17-5-18-38-65)93-89(85)88-84(100(93)76-52-28-42-69(56-76)64-35-15-4-16-36-64)60-80(72-45-27-41-68(55-72)63-33-13-3-14-34-63)96-92(88)87-83(99(96)75-50-23-8-24-51-75)59-79(95(91(86)87)98(82)74-48-21-7-22-49-74)71-44-26-40-67(54-71)62-31-11-2-12-32-62/h1-60H. The fourth-order valence-electron chi connectivity index (χ4n) is 17.0. The molecule has 0 amide bonds. The normalized spacial score (nSPS) is 12.0. The molecule has 0 unspecified atom stereocenters. The molecule has 0 N–H and O–H groups in total. The fraction of sp³-hybridized carbons (Fsp3) is 0. The van der Waals surface area contributed by atoms with Crippen molar-refractivity contribution in [1.29, 1.82) is 0 Å². The minimum absolute atomic E-state index is 1.09. The van der Waals surface area contributed by atoms with Gasteiger partial charge in [0.2, 0.25) is 0 Å². The molecular formula is C96H60N4. The molecule has 100 heavy (non-hydrogen) atoms. The molecule has 0 atom stereocenters. The lowest BCUT2D eigenvalue weighted by molar-refractivity contribution is 1.16. The third kappa shape index (κ3) is 8.35. The van der Waals surface area contributed by atoms with Crippen LogP contribution in [0.15, 0.2) is 364 Å². The number of nitrogens with zero attached hydrogens (tertiary/aromatic N) is 4. The Morgan fingerprint density at radius 2 is 0.330 bits per heavy atom. The van der Waals surface area contributed by atoms with Crippen molar-refractivity contribution >= 4 is 87.2 Å². The summed E-state index contributed by atoms with van der Waals surface area (Å²) in [6.07, 6.45) is 0. The number of benzene rings is 16. The van der Waals surface area contributed by atoms with Gasteiger partial charge >= 0.3 is 0 Å². The second kappa shape index (κ2) is 22.1. The van der Waals surface area contributed by atoms with Gasteiger partial charge < -0.3 is 18.3 Å². The summed E-state index contributed by atoms with van der Waals surface area (Å²) in [5.41, 5.74) is 32.0. The number of hydrogen-bond donors (Lipinski definition) is 0. The molecule has 21 aromatic rings. The van der Waals surface area contributed by atoms with Crippen molar-refractivity contribution in [3.8, 4) is 112 Å². The summed E-state index contributed by atoms with van der Waals surface area (Å²) in [7, 11) is 0. The molecule has 4 heterocycles. The highest BCUT2D eigenvalue weighted by molar-refractivity contribution is 6.49. The topological polar surface area (TPSA) is 19.7 Å². The zero-order valence-electron chi connectivity index (χ0n) is 54.4. The molecule has 0 spiro atoms. The van der Waals surface area contributed by atoms with E-state index in [-0.39, 0.29) is 0 Å². The van der Waals surface area contributed by atoms with E-state index in [9.17, 15) is 0 Å². The lowest BCUT2D eigenvalue weighted by Crippen LogP contribution is -1.99. The molecule has 17 aromatic carbocycles. The third-order valence-corrected chi connectivity index (χ3v) is 21.2. The van der Waals surface area contributed by atoms with Crippen molar-refractivity contribution in [2.45, 2.75) is 0 Å². The molecule has 0 aliphatic carbocycles. The highest BCUT2D eigenvalue weighted by Crippen LogP contribution is 2.59. The van der Waals surface area contributed by atoms with E-state index in [0.29, 0.717) is 0 Å². The van der Waals surface area contributed by atoms with E-state index in [0.717, 1.165) is 134 Å². The second-order valence-electron chi connectivity index (χ2n) is 26.6. The maximum atomic E-state index is 2.66. The van der Waals surface area contributed by atoms with Crippen molar-refractivity contribution in [2.24, 2.45) is 0 Å². The number of hydrogen-bond acceptors (Lipinski definition) is 0. The zero-order valence-corrected chi connectivity index (χ0v) is 54.4. The van der Waals surface area contributed by atoms with Crippen molar-refractivity contribution in [1.82, 2.24) is 18.3 Å². The van der Waals surface area contributed by atoms with Crippen LogP contribution in [0.3, 0.4) is 0 Å². The predicted octanol–water partition coefficient (Wildman–Crippen LogP) is 25.7. The van der Waals surface area contributed by atoms with Gasteiger partial charge in [0.15, 0.2) is 0 Å². The van der Waals surface area contributed by atoms with Crippen molar-refractivity contribution in [3.63, 3.8) is 0 Å². The third-order valence-electron chi connectivity index (χ3n) is 21.2. The Bertz CT molecular complexity index is 6670. The lowest BCUT2D eigenvalue weighted by Gasteiger charge is -2.17. The Hall–Kier alpha value is -13.3. The molecule has 4 nitrogen and oxygen atoms in total. The molecule has 4 heteroatoms. The van der Waals surface area contributed by atoms with Crippen LogP contribution in [0.25, 0.3) is 199 Å². The molecule has 0 aliphatic rings. The van der Waals surface area contributed by atoms with E-state index in [1.54, 1.807) is 0 Å². The van der Waals surface area contributed by atoms with Gasteiger partial charge in [-0.25, -0.2) is 0 Å². The summed E-state index contributed by atoms with van der Waals surface area (Å²) >= 11 is 0. The van der Waals surface area contributed by atoms with Gasteiger partial charge in [-0.1, -0.05) is 273 Å². The van der Waals surface area contributed by atoms with Crippen LogP contribution in [-0.2, 0) is 0 Å². The maximum Gasteiger partial charge on any atom is 0.0627 e. The van der Waals surface area contributed by atoms with Crippen LogP contribution in [0.1, 0.15) is 0 Å². The Labute approximate surface area is 577 Å². The average molecular weight is 1270 g/mol. The molecular weight excluding hydrogens is 1210 g/mol. The van der Waals surface area contributed by atoms with Crippen LogP contribution in [0, 0.1) is 0 Å². The quantitative estimate of drug-likeness (QED) is 0.116. The van der Waals surface area contributed by atoms with Crippen LogP contribution < -0.4 is 0 Å². The molecule has 464 valence electrons. The average Bonchev–Trinajstić information content (AvgIpc) is 1.48. The highest BCUT2D eigenvalue weighted by atomic mass is 15.0. The van der Waals surface area contributed by atoms with Crippen molar-refractivity contribution in [2.75, 3.05) is 0 Å². The summed E-state index contributed by atoms with van der Waals surface area (Å²) in [4.78, 5) is 0. The molecule has 21 rings (SSSR count). The van der Waals surface area contributed by atoms with Crippen LogP contribution in [0.5, 0.6) is 0 Å². The monoisotopic (exact) mass is 1270 g/mol. The molecule has 0 bridgehead atoms. The van der Waals surface area contributed by atoms with Crippen LogP contribution in [0.4, 0.5) is 0 Å². The van der Waals surface area contributed by atoms with E-state index >= 15 is 0 Å². The summed E-state index contributed by atoms with van der Waals surface area (Å²) in [5, 5.41) is 9.76. The molecule has 0 saturated carbocycles. The number of aromatic nitrogens is 4. The van der Waals surface area contributed by atoms with Crippen molar-refractivity contribution in [3.05, 3.63) is 364 Å². The first kappa shape index (κ1) is 55.9. The van der Waals surface area contributed by atoms with Gasteiger partial charge in [-0.2, -0.15) is 0 Å². The Morgan fingerprint density at radius 3 is 0.620 bits per heavy atom. The van der Waals surface area contributed by atoms with Crippen LogP contribution in [-0.4, -0.2) is 18.3 Å². The molecule has 0 saturated heterocycles. The molecule has 0 radical (unpaired) electrons. The SMILES string of the molecule is c1ccc(-c2cccc(-c3cc4c5c6c7c8c9c%10c%11c5c(c(-c5cccc(-c%12ccccc%12)c5)cc%11n(-c5cccc(-c%11ccccc%11)c5)c%10c(-c5ccccc5)cc9n(-c5ccccc5)c8c(-c5cccc(-c8ccccc8)c5)cc7n(-c5ccccc5)c36)n4-c3ccccc3)c2)cc1. The van der Waals surface area contributed by atoms with Gasteiger partial charge in [-0.3, -0.25) is 0 Å². The number of para-hydroxylation sites is 3. The minimum Gasteiger partial charge on any atom is -0.309 e. The van der Waals surface area contributed by atoms with E-state index in [1.807, 2.05) is 0 Å². The molecule has 0 aliphatic heterocycles. The highest BCUT2D eigenvalue weighted by Gasteiger charge is 2.36. The maximum absolute atomic E-state index is 2.66. The van der Waals surface area contributed by atoms with Gasteiger partial charge in [0, 0.05) is 88.1 Å². The van der Waals surface area contributed by atoms with Gasteiger partial charge in [0.05, 0.1) is 44.1 Å². The summed E-state index contributed by atoms with van der Waals surface area (Å²) in [5.74, 6) is 0.